The number of methoxy groups -OCH3 is 1. The summed E-state index contributed by atoms with van der Waals surface area (Å²) >= 11 is 0. The van der Waals surface area contributed by atoms with Crippen LogP contribution in [0.25, 0.3) is 0 Å². The SMILES string of the molecule is COC(=O)Cc1cn(CC(C)=O)cn1. The molecule has 0 bridgehead atoms. The molecule has 0 saturated carbocycles. The van der Waals surface area contributed by atoms with Crippen LogP contribution < -0.4 is 0 Å². The summed E-state index contributed by atoms with van der Waals surface area (Å²) in [6, 6.07) is 0. The van der Waals surface area contributed by atoms with E-state index in [2.05, 4.69) is 9.72 Å². The Labute approximate surface area is 81.7 Å². The predicted octanol–water partition coefficient (Wildman–Crippen LogP) is 0.188. The van der Waals surface area contributed by atoms with Crippen molar-refractivity contribution in [2.45, 2.75) is 19.9 Å². The smallest absolute Gasteiger partial charge is 0.311 e. The summed E-state index contributed by atoms with van der Waals surface area (Å²) in [4.78, 5) is 25.6. The molecule has 0 radical (unpaired) electrons. The van der Waals surface area contributed by atoms with Crippen molar-refractivity contribution in [1.82, 2.24) is 9.55 Å². The Hall–Kier alpha value is -1.65. The van der Waals surface area contributed by atoms with Crippen LogP contribution in [0.5, 0.6) is 0 Å². The average Bonchev–Trinajstić information content (AvgIpc) is 2.51. The topological polar surface area (TPSA) is 61.2 Å². The molecule has 0 aliphatic carbocycles. The molecule has 5 nitrogen and oxygen atoms in total. The van der Waals surface area contributed by atoms with E-state index in [1.54, 1.807) is 10.8 Å². The number of ketones is 1. The molecule has 1 heterocycles. The van der Waals surface area contributed by atoms with Crippen LogP contribution in [-0.2, 0) is 27.3 Å². The number of imidazole rings is 1. The van der Waals surface area contributed by atoms with Crippen LogP contribution in [0.4, 0.5) is 0 Å². The molecular formula is C9H12N2O3. The van der Waals surface area contributed by atoms with E-state index in [9.17, 15) is 9.59 Å². The lowest BCUT2D eigenvalue weighted by atomic mass is 10.3. The highest BCUT2D eigenvalue weighted by molar-refractivity contribution is 5.75. The molecular weight excluding hydrogens is 184 g/mol. The number of ether oxygens (including phenoxy) is 1. The zero-order valence-corrected chi connectivity index (χ0v) is 8.19. The van der Waals surface area contributed by atoms with Gasteiger partial charge >= 0.3 is 5.97 Å². The Balaban J connectivity index is 2.59. The number of hydrogen-bond donors (Lipinski definition) is 0. The highest BCUT2D eigenvalue weighted by Crippen LogP contribution is 1.98. The summed E-state index contributed by atoms with van der Waals surface area (Å²) in [5, 5.41) is 0. The van der Waals surface area contributed by atoms with Gasteiger partial charge in [0.1, 0.15) is 5.78 Å². The lowest BCUT2D eigenvalue weighted by molar-refractivity contribution is -0.139. The molecule has 0 saturated heterocycles. The first kappa shape index (κ1) is 10.4. The standard InChI is InChI=1S/C9H12N2O3/c1-7(12)4-11-5-8(10-6-11)3-9(13)14-2/h5-6H,3-4H2,1-2H3. The largest absolute Gasteiger partial charge is 0.469 e. The fourth-order valence-corrected chi connectivity index (χ4v) is 1.06. The van der Waals surface area contributed by atoms with Crippen LogP contribution in [0, 0.1) is 0 Å². The van der Waals surface area contributed by atoms with E-state index in [4.69, 9.17) is 0 Å². The van der Waals surface area contributed by atoms with Crippen LogP contribution >= 0.6 is 0 Å². The van der Waals surface area contributed by atoms with Gasteiger partial charge in [-0.3, -0.25) is 9.59 Å². The number of rotatable bonds is 4. The third-order valence-electron chi connectivity index (χ3n) is 1.65. The molecule has 0 atom stereocenters. The van der Waals surface area contributed by atoms with Gasteiger partial charge in [0.15, 0.2) is 0 Å². The molecule has 0 aliphatic rings. The summed E-state index contributed by atoms with van der Waals surface area (Å²) in [5.41, 5.74) is 0.609. The van der Waals surface area contributed by atoms with Crippen LogP contribution in [0.1, 0.15) is 12.6 Å². The second-order valence-corrected chi connectivity index (χ2v) is 2.99. The Morgan fingerprint density at radius 2 is 2.29 bits per heavy atom. The fraction of sp³-hybridized carbons (Fsp3) is 0.444. The van der Waals surface area contributed by atoms with E-state index in [1.165, 1.54) is 20.4 Å². The first-order valence-electron chi connectivity index (χ1n) is 4.18. The molecule has 1 aromatic rings. The Kier molecular flexibility index (Phi) is 3.39. The maximum Gasteiger partial charge on any atom is 0.311 e. The minimum absolute atomic E-state index is 0.0482. The van der Waals surface area contributed by atoms with Crippen LogP contribution in [0.2, 0.25) is 0 Å². The lowest BCUT2D eigenvalue weighted by Crippen LogP contribution is -2.05. The normalized spacial score (nSPS) is 9.86. The highest BCUT2D eigenvalue weighted by atomic mass is 16.5. The van der Waals surface area contributed by atoms with Gasteiger partial charge in [0.2, 0.25) is 0 Å². The summed E-state index contributed by atoms with van der Waals surface area (Å²) in [6.45, 7) is 1.79. The van der Waals surface area contributed by atoms with Crippen molar-refractivity contribution in [2.75, 3.05) is 7.11 Å². The van der Waals surface area contributed by atoms with Crippen molar-refractivity contribution in [3.63, 3.8) is 0 Å². The lowest BCUT2D eigenvalue weighted by Gasteiger charge is -1.95. The molecule has 1 aromatic heterocycles. The first-order chi connectivity index (χ1) is 6.61. The second kappa shape index (κ2) is 4.55. The Bertz CT molecular complexity index is 344. The van der Waals surface area contributed by atoms with Gasteiger partial charge in [-0.15, -0.1) is 0 Å². The van der Waals surface area contributed by atoms with Crippen molar-refractivity contribution >= 4 is 11.8 Å². The molecule has 0 aliphatic heterocycles. The van der Waals surface area contributed by atoms with Gasteiger partial charge in [0, 0.05) is 6.20 Å². The second-order valence-electron chi connectivity index (χ2n) is 2.99. The van der Waals surface area contributed by atoms with Crippen molar-refractivity contribution in [1.29, 1.82) is 0 Å². The number of carbonyl (C=O) groups excluding carboxylic acids is 2. The fourth-order valence-electron chi connectivity index (χ4n) is 1.06. The Morgan fingerprint density at radius 3 is 2.86 bits per heavy atom. The summed E-state index contributed by atoms with van der Waals surface area (Å²) in [7, 11) is 1.33. The Morgan fingerprint density at radius 1 is 1.57 bits per heavy atom. The molecule has 0 amide bonds. The van der Waals surface area contributed by atoms with Crippen molar-refractivity contribution < 1.29 is 14.3 Å². The van der Waals surface area contributed by atoms with Crippen molar-refractivity contribution in [3.05, 3.63) is 18.2 Å². The zero-order chi connectivity index (χ0) is 10.6. The molecule has 0 fully saturated rings. The van der Waals surface area contributed by atoms with Gasteiger partial charge in [-0.25, -0.2) is 4.98 Å². The number of esters is 1. The highest BCUT2D eigenvalue weighted by Gasteiger charge is 2.06. The zero-order valence-electron chi connectivity index (χ0n) is 8.19. The van der Waals surface area contributed by atoms with E-state index < -0.39 is 0 Å². The molecule has 0 spiro atoms. The van der Waals surface area contributed by atoms with Gasteiger partial charge in [-0.1, -0.05) is 0 Å². The molecule has 0 N–H and O–H groups in total. The number of Topliss-reactive ketones (excluding diaryl/α,β-unsaturated/α-hetero) is 1. The van der Waals surface area contributed by atoms with Gasteiger partial charge in [-0.2, -0.15) is 0 Å². The average molecular weight is 196 g/mol. The number of nitrogens with zero attached hydrogens (tertiary/aromatic N) is 2. The molecule has 1 rings (SSSR count). The van der Waals surface area contributed by atoms with Gasteiger partial charge in [0.25, 0.3) is 0 Å². The predicted molar refractivity (Wildman–Crippen MR) is 48.6 cm³/mol. The maximum absolute atomic E-state index is 10.9. The first-order valence-corrected chi connectivity index (χ1v) is 4.18. The molecule has 0 aromatic carbocycles. The van der Waals surface area contributed by atoms with Crippen molar-refractivity contribution in [2.24, 2.45) is 0 Å². The third kappa shape index (κ3) is 3.01. The van der Waals surface area contributed by atoms with E-state index >= 15 is 0 Å². The number of hydrogen-bond acceptors (Lipinski definition) is 4. The monoisotopic (exact) mass is 196 g/mol. The van der Waals surface area contributed by atoms with E-state index in [1.807, 2.05) is 0 Å². The maximum atomic E-state index is 10.9. The summed E-state index contributed by atoms with van der Waals surface area (Å²) in [5.74, 6) is -0.287. The summed E-state index contributed by atoms with van der Waals surface area (Å²) in [6.07, 6.45) is 3.33. The van der Waals surface area contributed by atoms with Gasteiger partial charge in [-0.05, 0) is 6.92 Å². The minimum Gasteiger partial charge on any atom is -0.469 e. The third-order valence-corrected chi connectivity index (χ3v) is 1.65. The quantitative estimate of drug-likeness (QED) is 0.645. The number of aromatic nitrogens is 2. The van der Waals surface area contributed by atoms with Crippen LogP contribution in [0.3, 0.4) is 0 Å². The van der Waals surface area contributed by atoms with E-state index in [-0.39, 0.29) is 24.7 Å². The molecule has 76 valence electrons. The van der Waals surface area contributed by atoms with Crippen LogP contribution in [0.15, 0.2) is 12.5 Å². The van der Waals surface area contributed by atoms with Crippen molar-refractivity contribution in [3.8, 4) is 0 Å². The van der Waals surface area contributed by atoms with E-state index in [0.29, 0.717) is 5.69 Å². The van der Waals surface area contributed by atoms with Crippen LogP contribution in [-0.4, -0.2) is 28.4 Å². The van der Waals surface area contributed by atoms with Gasteiger partial charge < -0.3 is 9.30 Å². The molecule has 14 heavy (non-hydrogen) atoms. The minimum atomic E-state index is -0.335. The van der Waals surface area contributed by atoms with Gasteiger partial charge in [0.05, 0.1) is 32.1 Å². The number of carbonyl (C=O) groups is 2. The molecule has 5 heteroatoms. The molecule has 0 unspecified atom stereocenters. The van der Waals surface area contributed by atoms with E-state index in [0.717, 1.165) is 0 Å². The summed E-state index contributed by atoms with van der Waals surface area (Å²) < 4.78 is 6.13.